The number of rotatable bonds is 6. The van der Waals surface area contributed by atoms with Crippen LogP contribution in [0.25, 0.3) is 11.4 Å². The summed E-state index contributed by atoms with van der Waals surface area (Å²) in [5.41, 5.74) is -0.409. The van der Waals surface area contributed by atoms with E-state index in [0.717, 1.165) is 11.0 Å². The van der Waals surface area contributed by atoms with Gasteiger partial charge in [0.15, 0.2) is 11.2 Å². The molecular formula is C29H24Cl2FN5O4. The van der Waals surface area contributed by atoms with E-state index in [-0.39, 0.29) is 28.1 Å². The zero-order valence-corrected chi connectivity index (χ0v) is 24.0. The molecule has 12 heteroatoms. The number of ether oxygens (including phenoxy) is 2. The van der Waals surface area contributed by atoms with E-state index in [1.165, 1.54) is 19.2 Å². The molecule has 1 spiro atoms. The predicted octanol–water partition coefficient (Wildman–Crippen LogP) is 6.24. The highest BCUT2D eigenvalue weighted by Crippen LogP contribution is 2.55. The fourth-order valence-electron chi connectivity index (χ4n) is 5.64. The number of methoxy groups -OCH3 is 1. The van der Waals surface area contributed by atoms with Gasteiger partial charge in [0.2, 0.25) is 5.88 Å². The molecule has 4 aromatic rings. The smallest absolute Gasteiger partial charge is 0.280 e. The molecule has 0 radical (unpaired) electrons. The maximum absolute atomic E-state index is 15.5. The van der Waals surface area contributed by atoms with E-state index < -0.39 is 23.2 Å². The molecule has 1 atom stereocenters. The van der Waals surface area contributed by atoms with Gasteiger partial charge in [0, 0.05) is 39.6 Å². The van der Waals surface area contributed by atoms with E-state index in [1.807, 2.05) is 20.8 Å². The molecule has 2 aliphatic heterocycles. The third-order valence-electron chi connectivity index (χ3n) is 7.20. The standard InChI is InChI=1S/C29H24Cl2FN5O4/c1-5-41-23-12-22(40-4)17(13-33-23)26-35-24-25(36(26)14(2)3)29(18-8-6-15(30)10-20(18)34-28(29)39)37(27(24)38)21-11-16(31)7-9-19(21)32/h6-14H,5H2,1-4H3,(H,34,39)/t29-/m1/s1. The Hall–Kier alpha value is -4.15. The van der Waals surface area contributed by atoms with E-state index in [1.54, 1.807) is 35.0 Å². The zero-order valence-electron chi connectivity index (χ0n) is 22.5. The molecule has 0 aliphatic carbocycles. The van der Waals surface area contributed by atoms with Gasteiger partial charge in [-0.15, -0.1) is 0 Å². The number of nitrogens with zero attached hydrogens (tertiary/aromatic N) is 4. The Kier molecular flexibility index (Phi) is 6.43. The fourth-order valence-corrected chi connectivity index (χ4v) is 5.98. The highest BCUT2D eigenvalue weighted by Gasteiger charge is 2.64. The quantitative estimate of drug-likeness (QED) is 0.283. The molecule has 210 valence electrons. The molecule has 0 saturated heterocycles. The minimum Gasteiger partial charge on any atom is -0.496 e. The first-order valence-corrected chi connectivity index (χ1v) is 13.6. The summed E-state index contributed by atoms with van der Waals surface area (Å²) in [6, 6.07) is 10.0. The number of imidazole rings is 1. The summed E-state index contributed by atoms with van der Waals surface area (Å²) < 4.78 is 28.4. The summed E-state index contributed by atoms with van der Waals surface area (Å²) in [7, 11) is 1.51. The summed E-state index contributed by atoms with van der Waals surface area (Å²) >= 11 is 12.5. The van der Waals surface area contributed by atoms with Crippen molar-refractivity contribution in [1.82, 2.24) is 14.5 Å². The number of anilines is 2. The number of carbonyl (C=O) groups excluding carboxylic acids is 2. The van der Waals surface area contributed by atoms with Crippen molar-refractivity contribution in [2.45, 2.75) is 32.4 Å². The molecule has 0 saturated carbocycles. The molecule has 2 aliphatic rings. The van der Waals surface area contributed by atoms with Crippen LogP contribution in [0.15, 0.2) is 48.7 Å². The molecule has 1 N–H and O–H groups in total. The fraction of sp³-hybridized carbons (Fsp3) is 0.241. The molecule has 9 nitrogen and oxygen atoms in total. The van der Waals surface area contributed by atoms with Crippen molar-refractivity contribution in [1.29, 1.82) is 0 Å². The number of pyridine rings is 1. The van der Waals surface area contributed by atoms with Crippen molar-refractivity contribution in [2.75, 3.05) is 23.9 Å². The van der Waals surface area contributed by atoms with Crippen LogP contribution in [0.1, 0.15) is 48.6 Å². The lowest BCUT2D eigenvalue weighted by molar-refractivity contribution is -0.119. The number of amides is 2. The minimum absolute atomic E-state index is 0.0121. The molecule has 6 rings (SSSR count). The average Bonchev–Trinajstić information content (AvgIpc) is 3.54. The molecule has 2 aromatic carbocycles. The van der Waals surface area contributed by atoms with Gasteiger partial charge in [-0.2, -0.15) is 0 Å². The summed E-state index contributed by atoms with van der Waals surface area (Å²) in [4.78, 5) is 38.8. The Morgan fingerprint density at radius 1 is 1.10 bits per heavy atom. The highest BCUT2D eigenvalue weighted by molar-refractivity contribution is 6.32. The molecule has 0 fully saturated rings. The van der Waals surface area contributed by atoms with Gasteiger partial charge in [-0.05, 0) is 51.1 Å². The Morgan fingerprint density at radius 3 is 2.54 bits per heavy atom. The normalized spacial score (nSPS) is 17.3. The van der Waals surface area contributed by atoms with Crippen molar-refractivity contribution in [3.63, 3.8) is 0 Å². The Balaban J connectivity index is 1.70. The van der Waals surface area contributed by atoms with Gasteiger partial charge >= 0.3 is 0 Å². The van der Waals surface area contributed by atoms with Gasteiger partial charge in [-0.25, -0.2) is 14.4 Å². The Labute approximate surface area is 244 Å². The summed E-state index contributed by atoms with van der Waals surface area (Å²) in [5.74, 6) is -0.831. The van der Waals surface area contributed by atoms with Crippen LogP contribution < -0.4 is 19.7 Å². The van der Waals surface area contributed by atoms with Crippen LogP contribution in [0.3, 0.4) is 0 Å². The van der Waals surface area contributed by atoms with Crippen LogP contribution in [0.4, 0.5) is 15.8 Å². The second-order valence-electron chi connectivity index (χ2n) is 9.84. The van der Waals surface area contributed by atoms with E-state index in [9.17, 15) is 9.59 Å². The molecule has 2 amide bonds. The lowest BCUT2D eigenvalue weighted by atomic mass is 9.87. The first-order valence-electron chi connectivity index (χ1n) is 12.8. The van der Waals surface area contributed by atoms with E-state index in [2.05, 4.69) is 10.3 Å². The number of halogens is 3. The van der Waals surface area contributed by atoms with Crippen LogP contribution in [0, 0.1) is 5.82 Å². The highest BCUT2D eigenvalue weighted by atomic mass is 35.5. The molecule has 41 heavy (non-hydrogen) atoms. The van der Waals surface area contributed by atoms with Gasteiger partial charge in [-0.3, -0.25) is 14.5 Å². The number of fused-ring (bicyclic) bond motifs is 4. The van der Waals surface area contributed by atoms with Gasteiger partial charge in [0.1, 0.15) is 17.4 Å². The first-order chi connectivity index (χ1) is 19.6. The van der Waals surface area contributed by atoms with Gasteiger partial charge in [0.05, 0.1) is 30.7 Å². The predicted molar refractivity (Wildman–Crippen MR) is 153 cm³/mol. The van der Waals surface area contributed by atoms with Crippen molar-refractivity contribution >= 4 is 46.4 Å². The van der Waals surface area contributed by atoms with E-state index >= 15 is 4.39 Å². The molecule has 0 unspecified atom stereocenters. The Bertz CT molecular complexity index is 1760. The number of aromatic nitrogens is 3. The van der Waals surface area contributed by atoms with Gasteiger partial charge in [-0.1, -0.05) is 29.3 Å². The lowest BCUT2D eigenvalue weighted by Gasteiger charge is -2.36. The number of hydrogen-bond acceptors (Lipinski definition) is 6. The van der Waals surface area contributed by atoms with E-state index in [4.69, 9.17) is 37.7 Å². The summed E-state index contributed by atoms with van der Waals surface area (Å²) in [6.07, 6.45) is 1.55. The van der Waals surface area contributed by atoms with Gasteiger partial charge in [0.25, 0.3) is 11.8 Å². The SMILES string of the molecule is CCOc1cc(OC)c(-c2nc3c(n2C(C)C)[C@]2(C(=O)Nc4cc(Cl)ccc42)N(c2cc(Cl)ccc2F)C3=O)cn1. The average molecular weight is 596 g/mol. The third-order valence-corrected chi connectivity index (χ3v) is 7.67. The van der Waals surface area contributed by atoms with Crippen LogP contribution >= 0.6 is 23.2 Å². The monoisotopic (exact) mass is 595 g/mol. The minimum atomic E-state index is -1.82. The molecule has 4 heterocycles. The number of hydrogen-bond donors (Lipinski definition) is 1. The second kappa shape index (κ2) is 9.74. The van der Waals surface area contributed by atoms with E-state index in [0.29, 0.717) is 45.9 Å². The van der Waals surface area contributed by atoms with Crippen molar-refractivity contribution < 1.29 is 23.5 Å². The van der Waals surface area contributed by atoms with Crippen LogP contribution in [0.2, 0.25) is 10.0 Å². The van der Waals surface area contributed by atoms with Crippen molar-refractivity contribution in [3.8, 4) is 23.0 Å². The molecule has 0 bridgehead atoms. The number of carbonyl (C=O) groups is 2. The first kappa shape index (κ1) is 27.0. The maximum Gasteiger partial charge on any atom is 0.280 e. The van der Waals surface area contributed by atoms with Crippen LogP contribution in [0.5, 0.6) is 11.6 Å². The largest absolute Gasteiger partial charge is 0.496 e. The second-order valence-corrected chi connectivity index (χ2v) is 10.7. The molecular weight excluding hydrogens is 572 g/mol. The number of benzene rings is 2. The van der Waals surface area contributed by atoms with Crippen LogP contribution in [-0.2, 0) is 10.3 Å². The lowest BCUT2D eigenvalue weighted by Crippen LogP contribution is -2.51. The maximum atomic E-state index is 15.5. The third kappa shape index (κ3) is 3.81. The summed E-state index contributed by atoms with van der Waals surface area (Å²) in [6.45, 7) is 6.05. The summed E-state index contributed by atoms with van der Waals surface area (Å²) in [5, 5.41) is 3.44. The van der Waals surface area contributed by atoms with Gasteiger partial charge < -0.3 is 19.4 Å². The van der Waals surface area contributed by atoms with Crippen molar-refractivity contribution in [2.24, 2.45) is 0 Å². The topological polar surface area (TPSA) is 98.6 Å². The van der Waals surface area contributed by atoms with Crippen molar-refractivity contribution in [3.05, 3.63) is 81.5 Å². The number of nitrogens with one attached hydrogen (secondary N) is 1. The van der Waals surface area contributed by atoms with Crippen LogP contribution in [-0.4, -0.2) is 40.1 Å². The Morgan fingerprint density at radius 2 is 1.83 bits per heavy atom. The zero-order chi connectivity index (χ0) is 29.2. The molecule has 2 aromatic heterocycles.